The number of aromatic nitrogens is 1. The van der Waals surface area contributed by atoms with Crippen LogP contribution < -0.4 is 4.90 Å². The standard InChI is InChI=1S/C24H36N2O3Si/c1-8-30(9-2,10-3)29-22(18(4)5)23-25-21(24(28-23)26(6)7)20(27)17-16-19-14-12-11-13-15-19/h11-18,22H,8-10H2,1-7H3/b17-16+. The van der Waals surface area contributed by atoms with Crippen molar-refractivity contribution in [3.63, 3.8) is 0 Å². The molecular weight excluding hydrogens is 392 g/mol. The summed E-state index contributed by atoms with van der Waals surface area (Å²) in [5, 5.41) is 0. The van der Waals surface area contributed by atoms with Crippen LogP contribution in [0.1, 0.15) is 62.7 Å². The van der Waals surface area contributed by atoms with E-state index in [1.807, 2.05) is 44.4 Å². The zero-order valence-corrected chi connectivity index (χ0v) is 20.4. The van der Waals surface area contributed by atoms with Gasteiger partial charge in [0.25, 0.3) is 0 Å². The lowest BCUT2D eigenvalue weighted by molar-refractivity contribution is 0.104. The van der Waals surface area contributed by atoms with Crippen molar-refractivity contribution < 1.29 is 13.6 Å². The summed E-state index contributed by atoms with van der Waals surface area (Å²) in [4.78, 5) is 19.4. The Hall–Kier alpha value is -2.18. The number of carbonyl (C=O) groups is 1. The Morgan fingerprint density at radius 3 is 2.23 bits per heavy atom. The average Bonchev–Trinajstić information content (AvgIpc) is 3.19. The molecule has 0 fully saturated rings. The lowest BCUT2D eigenvalue weighted by Gasteiger charge is -2.33. The Morgan fingerprint density at radius 2 is 1.73 bits per heavy atom. The molecule has 1 heterocycles. The van der Waals surface area contributed by atoms with Gasteiger partial charge in [-0.15, -0.1) is 0 Å². The summed E-state index contributed by atoms with van der Waals surface area (Å²) in [5.41, 5.74) is 1.29. The van der Waals surface area contributed by atoms with Gasteiger partial charge in [0.15, 0.2) is 14.0 Å². The van der Waals surface area contributed by atoms with E-state index in [1.54, 1.807) is 17.1 Å². The van der Waals surface area contributed by atoms with Crippen LogP contribution >= 0.6 is 0 Å². The molecule has 0 bridgehead atoms. The van der Waals surface area contributed by atoms with E-state index in [2.05, 4.69) is 39.6 Å². The molecule has 0 N–H and O–H groups in total. The maximum atomic E-state index is 12.9. The molecular formula is C24H36N2O3Si. The fraction of sp³-hybridized carbons (Fsp3) is 0.500. The quantitative estimate of drug-likeness (QED) is 0.237. The third-order valence-electron chi connectivity index (χ3n) is 5.65. The van der Waals surface area contributed by atoms with Crippen LogP contribution in [0, 0.1) is 5.92 Å². The van der Waals surface area contributed by atoms with Crippen LogP contribution in [0.2, 0.25) is 18.1 Å². The molecule has 0 spiro atoms. The van der Waals surface area contributed by atoms with E-state index in [1.165, 1.54) is 0 Å². The highest BCUT2D eigenvalue weighted by Crippen LogP contribution is 2.36. The highest BCUT2D eigenvalue weighted by Gasteiger charge is 2.36. The lowest BCUT2D eigenvalue weighted by atomic mass is 10.1. The van der Waals surface area contributed by atoms with Crippen LogP contribution in [0.5, 0.6) is 0 Å². The number of nitrogens with zero attached hydrogens (tertiary/aromatic N) is 2. The Balaban J connectivity index is 2.39. The predicted octanol–water partition coefficient (Wildman–Crippen LogP) is 6.36. The summed E-state index contributed by atoms with van der Waals surface area (Å²) < 4.78 is 12.8. The molecule has 0 aliphatic rings. The Labute approximate surface area is 182 Å². The maximum Gasteiger partial charge on any atom is 0.227 e. The normalized spacial score (nSPS) is 13.2. The molecule has 6 heteroatoms. The lowest BCUT2D eigenvalue weighted by Crippen LogP contribution is -2.38. The average molecular weight is 429 g/mol. The van der Waals surface area contributed by atoms with Crippen molar-refractivity contribution in [3.05, 3.63) is 53.6 Å². The Bertz CT molecular complexity index is 831. The summed E-state index contributed by atoms with van der Waals surface area (Å²) in [5.74, 6) is 0.985. The molecule has 1 aromatic carbocycles. The molecule has 0 amide bonds. The van der Waals surface area contributed by atoms with Crippen molar-refractivity contribution >= 4 is 26.1 Å². The summed E-state index contributed by atoms with van der Waals surface area (Å²) in [6, 6.07) is 12.9. The van der Waals surface area contributed by atoms with E-state index in [0.29, 0.717) is 17.5 Å². The van der Waals surface area contributed by atoms with Crippen LogP contribution in [0.25, 0.3) is 6.08 Å². The highest BCUT2D eigenvalue weighted by molar-refractivity contribution is 6.73. The van der Waals surface area contributed by atoms with Gasteiger partial charge in [-0.1, -0.05) is 71.0 Å². The second kappa shape index (κ2) is 10.7. The number of ketones is 1. The second-order valence-corrected chi connectivity index (χ2v) is 13.0. The van der Waals surface area contributed by atoms with Gasteiger partial charge in [0, 0.05) is 14.1 Å². The molecule has 0 aliphatic heterocycles. The number of anilines is 1. The molecule has 5 nitrogen and oxygen atoms in total. The van der Waals surface area contributed by atoms with Crippen molar-refractivity contribution in [2.75, 3.05) is 19.0 Å². The van der Waals surface area contributed by atoms with E-state index >= 15 is 0 Å². The minimum absolute atomic E-state index is 0.176. The molecule has 2 rings (SSSR count). The molecule has 164 valence electrons. The van der Waals surface area contributed by atoms with Crippen LogP contribution in [0.3, 0.4) is 0 Å². The molecule has 0 saturated carbocycles. The van der Waals surface area contributed by atoms with Gasteiger partial charge in [0.2, 0.25) is 17.6 Å². The van der Waals surface area contributed by atoms with E-state index in [-0.39, 0.29) is 17.8 Å². The first-order valence-corrected chi connectivity index (χ1v) is 13.4. The van der Waals surface area contributed by atoms with Crippen molar-refractivity contribution in [1.29, 1.82) is 0 Å². The van der Waals surface area contributed by atoms with Gasteiger partial charge in [0.05, 0.1) is 0 Å². The van der Waals surface area contributed by atoms with Gasteiger partial charge >= 0.3 is 0 Å². The molecule has 30 heavy (non-hydrogen) atoms. The van der Waals surface area contributed by atoms with Gasteiger partial charge in [-0.3, -0.25) is 4.79 Å². The fourth-order valence-corrected chi connectivity index (χ4v) is 6.38. The molecule has 0 radical (unpaired) electrons. The van der Waals surface area contributed by atoms with Crippen LogP contribution in [-0.2, 0) is 4.43 Å². The third-order valence-corrected chi connectivity index (χ3v) is 10.3. The number of hydrogen-bond donors (Lipinski definition) is 0. The molecule has 1 atom stereocenters. The monoisotopic (exact) mass is 428 g/mol. The van der Waals surface area contributed by atoms with Gasteiger partial charge in [-0.2, -0.15) is 0 Å². The topological polar surface area (TPSA) is 55.6 Å². The van der Waals surface area contributed by atoms with Crippen molar-refractivity contribution in [2.24, 2.45) is 5.92 Å². The predicted molar refractivity (Wildman–Crippen MR) is 126 cm³/mol. The summed E-state index contributed by atoms with van der Waals surface area (Å²) in [6.45, 7) is 10.9. The summed E-state index contributed by atoms with van der Waals surface area (Å²) in [7, 11) is 1.85. The molecule has 0 saturated heterocycles. The second-order valence-electron chi connectivity index (χ2n) is 8.23. The Kier molecular flexibility index (Phi) is 8.61. The van der Waals surface area contributed by atoms with Crippen LogP contribution in [-0.4, -0.2) is 33.2 Å². The molecule has 2 aromatic rings. The smallest absolute Gasteiger partial charge is 0.227 e. The van der Waals surface area contributed by atoms with Crippen molar-refractivity contribution in [1.82, 2.24) is 4.98 Å². The van der Waals surface area contributed by atoms with E-state index in [4.69, 9.17) is 8.84 Å². The van der Waals surface area contributed by atoms with E-state index < -0.39 is 8.32 Å². The van der Waals surface area contributed by atoms with Crippen LogP contribution in [0.4, 0.5) is 5.88 Å². The first kappa shape index (κ1) is 24.1. The molecule has 0 aliphatic carbocycles. The minimum atomic E-state index is -1.86. The number of hydrogen-bond acceptors (Lipinski definition) is 5. The fourth-order valence-electron chi connectivity index (χ4n) is 3.47. The molecule has 1 aromatic heterocycles. The summed E-state index contributed by atoms with van der Waals surface area (Å²) in [6.07, 6.45) is 3.10. The largest absolute Gasteiger partial charge is 0.421 e. The van der Waals surface area contributed by atoms with Gasteiger partial charge in [-0.05, 0) is 35.7 Å². The zero-order chi connectivity index (χ0) is 22.3. The highest BCUT2D eigenvalue weighted by atomic mass is 28.4. The van der Waals surface area contributed by atoms with Gasteiger partial charge in [-0.25, -0.2) is 4.98 Å². The number of rotatable bonds is 11. The first-order valence-electron chi connectivity index (χ1n) is 10.9. The van der Waals surface area contributed by atoms with Crippen molar-refractivity contribution in [3.8, 4) is 0 Å². The van der Waals surface area contributed by atoms with E-state index in [0.717, 1.165) is 23.7 Å². The van der Waals surface area contributed by atoms with Gasteiger partial charge in [0.1, 0.15) is 6.10 Å². The van der Waals surface area contributed by atoms with Crippen molar-refractivity contribution in [2.45, 2.75) is 58.9 Å². The van der Waals surface area contributed by atoms with Gasteiger partial charge < -0.3 is 13.7 Å². The maximum absolute atomic E-state index is 12.9. The zero-order valence-electron chi connectivity index (χ0n) is 19.4. The number of benzene rings is 1. The first-order chi connectivity index (χ1) is 14.3. The number of allylic oxidation sites excluding steroid dienone is 1. The number of oxazole rings is 1. The number of carbonyl (C=O) groups excluding carboxylic acids is 1. The third kappa shape index (κ3) is 5.70. The van der Waals surface area contributed by atoms with E-state index in [9.17, 15) is 4.79 Å². The summed E-state index contributed by atoms with van der Waals surface area (Å²) >= 11 is 0. The van der Waals surface area contributed by atoms with Crippen LogP contribution in [0.15, 0.2) is 40.8 Å². The SMILES string of the molecule is CC[Si](CC)(CC)OC(c1nc(C(=O)/C=C/c2ccccc2)c(N(C)C)o1)C(C)C. The molecule has 1 unspecified atom stereocenters. The Morgan fingerprint density at radius 1 is 1.13 bits per heavy atom. The minimum Gasteiger partial charge on any atom is -0.421 e.